The Morgan fingerprint density at radius 3 is 2.50 bits per heavy atom. The monoisotopic (exact) mass is 222 g/mol. The van der Waals surface area contributed by atoms with Crippen molar-refractivity contribution in [1.82, 2.24) is 0 Å². The van der Waals surface area contributed by atoms with E-state index in [-0.39, 0.29) is 5.82 Å². The third-order valence-electron chi connectivity index (χ3n) is 3.35. The predicted octanol–water partition coefficient (Wildman–Crippen LogP) is 3.84. The standard InChI is InChI=1S/C14H19FO/c1-10(2)12-3-4-13(14(15)9-12)11-5-7-16-8-6-11/h3-4,9-11H,5-8H2,1-2H3. The Bertz CT molecular complexity index is 354. The van der Waals surface area contributed by atoms with Crippen LogP contribution in [0.4, 0.5) is 4.39 Å². The summed E-state index contributed by atoms with van der Waals surface area (Å²) >= 11 is 0. The molecule has 1 aromatic carbocycles. The fraction of sp³-hybridized carbons (Fsp3) is 0.571. The van der Waals surface area contributed by atoms with Crippen LogP contribution in [0.3, 0.4) is 0 Å². The van der Waals surface area contributed by atoms with E-state index in [9.17, 15) is 4.39 Å². The van der Waals surface area contributed by atoms with Crippen molar-refractivity contribution in [2.24, 2.45) is 0 Å². The summed E-state index contributed by atoms with van der Waals surface area (Å²) in [6, 6.07) is 5.70. The van der Waals surface area contributed by atoms with E-state index in [0.29, 0.717) is 11.8 Å². The molecule has 0 amide bonds. The van der Waals surface area contributed by atoms with Crippen LogP contribution in [0, 0.1) is 5.82 Å². The van der Waals surface area contributed by atoms with E-state index < -0.39 is 0 Å². The van der Waals surface area contributed by atoms with Gasteiger partial charge in [0, 0.05) is 13.2 Å². The van der Waals surface area contributed by atoms with E-state index in [0.717, 1.165) is 37.2 Å². The fourth-order valence-electron chi connectivity index (χ4n) is 2.24. The second-order valence-corrected chi connectivity index (χ2v) is 4.82. The molecule has 0 saturated carbocycles. The molecule has 0 bridgehead atoms. The molecule has 0 N–H and O–H groups in total. The summed E-state index contributed by atoms with van der Waals surface area (Å²) < 4.78 is 19.3. The van der Waals surface area contributed by atoms with Crippen molar-refractivity contribution in [3.8, 4) is 0 Å². The number of halogens is 1. The molecular formula is C14H19FO. The molecule has 2 rings (SSSR count). The van der Waals surface area contributed by atoms with Crippen molar-refractivity contribution in [2.45, 2.75) is 38.5 Å². The zero-order chi connectivity index (χ0) is 11.5. The third kappa shape index (κ3) is 2.43. The second-order valence-electron chi connectivity index (χ2n) is 4.82. The summed E-state index contributed by atoms with van der Waals surface area (Å²) in [5.74, 6) is 0.686. The maximum Gasteiger partial charge on any atom is 0.126 e. The van der Waals surface area contributed by atoms with Crippen LogP contribution in [0.15, 0.2) is 18.2 Å². The quantitative estimate of drug-likeness (QED) is 0.738. The van der Waals surface area contributed by atoms with E-state index in [1.807, 2.05) is 6.07 Å². The molecule has 1 aliphatic rings. The minimum Gasteiger partial charge on any atom is -0.381 e. The van der Waals surface area contributed by atoms with Gasteiger partial charge in [0.25, 0.3) is 0 Å². The van der Waals surface area contributed by atoms with Crippen LogP contribution in [0.1, 0.15) is 49.7 Å². The van der Waals surface area contributed by atoms with Gasteiger partial charge in [0.05, 0.1) is 0 Å². The molecule has 0 unspecified atom stereocenters. The van der Waals surface area contributed by atoms with E-state index >= 15 is 0 Å². The molecule has 1 aliphatic heterocycles. The lowest BCUT2D eigenvalue weighted by atomic mass is 9.89. The zero-order valence-electron chi connectivity index (χ0n) is 10.0. The van der Waals surface area contributed by atoms with Crippen molar-refractivity contribution in [1.29, 1.82) is 0 Å². The number of hydrogen-bond donors (Lipinski definition) is 0. The highest BCUT2D eigenvalue weighted by Crippen LogP contribution is 2.30. The minimum atomic E-state index is -0.0434. The average molecular weight is 222 g/mol. The topological polar surface area (TPSA) is 9.23 Å². The highest BCUT2D eigenvalue weighted by Gasteiger charge is 2.19. The molecule has 2 heteroatoms. The van der Waals surface area contributed by atoms with Crippen LogP contribution in [-0.2, 0) is 4.74 Å². The van der Waals surface area contributed by atoms with E-state index in [4.69, 9.17) is 4.74 Å². The SMILES string of the molecule is CC(C)c1ccc(C2CCOCC2)c(F)c1. The molecule has 1 aromatic rings. The lowest BCUT2D eigenvalue weighted by Gasteiger charge is -2.23. The lowest BCUT2D eigenvalue weighted by Crippen LogP contribution is -2.15. The van der Waals surface area contributed by atoms with Crippen molar-refractivity contribution in [3.05, 3.63) is 35.1 Å². The molecule has 0 atom stereocenters. The number of benzene rings is 1. The Labute approximate surface area is 96.6 Å². The summed E-state index contributed by atoms with van der Waals surface area (Å²) in [6.45, 7) is 5.69. The van der Waals surface area contributed by atoms with E-state index in [1.54, 1.807) is 6.07 Å². The fourth-order valence-corrected chi connectivity index (χ4v) is 2.24. The van der Waals surface area contributed by atoms with Crippen LogP contribution in [0.25, 0.3) is 0 Å². The van der Waals surface area contributed by atoms with Crippen molar-refractivity contribution in [3.63, 3.8) is 0 Å². The first kappa shape index (κ1) is 11.6. The molecule has 1 heterocycles. The van der Waals surface area contributed by atoms with Gasteiger partial charge in [-0.25, -0.2) is 4.39 Å². The smallest absolute Gasteiger partial charge is 0.126 e. The minimum absolute atomic E-state index is 0.0434. The van der Waals surface area contributed by atoms with Gasteiger partial charge in [0.1, 0.15) is 5.82 Å². The highest BCUT2D eigenvalue weighted by molar-refractivity contribution is 5.29. The van der Waals surface area contributed by atoms with Crippen LogP contribution in [0.5, 0.6) is 0 Å². The largest absolute Gasteiger partial charge is 0.381 e. The molecule has 0 aromatic heterocycles. The Kier molecular flexibility index (Phi) is 3.59. The van der Waals surface area contributed by atoms with E-state index in [1.165, 1.54) is 0 Å². The second kappa shape index (κ2) is 4.96. The average Bonchev–Trinajstić information content (AvgIpc) is 2.30. The molecule has 0 radical (unpaired) electrons. The molecule has 88 valence electrons. The van der Waals surface area contributed by atoms with Crippen LogP contribution in [-0.4, -0.2) is 13.2 Å². The number of hydrogen-bond acceptors (Lipinski definition) is 1. The van der Waals surface area contributed by atoms with Gasteiger partial charge in [0.15, 0.2) is 0 Å². The third-order valence-corrected chi connectivity index (χ3v) is 3.35. The molecule has 1 saturated heterocycles. The number of ether oxygens (including phenoxy) is 1. The van der Waals surface area contributed by atoms with Gasteiger partial charge in [-0.1, -0.05) is 26.0 Å². The summed E-state index contributed by atoms with van der Waals surface area (Å²) in [4.78, 5) is 0. The van der Waals surface area contributed by atoms with Gasteiger partial charge in [0.2, 0.25) is 0 Å². The molecular weight excluding hydrogens is 203 g/mol. The van der Waals surface area contributed by atoms with Crippen molar-refractivity contribution >= 4 is 0 Å². The van der Waals surface area contributed by atoms with Gasteiger partial charge in [-0.05, 0) is 41.9 Å². The summed E-state index contributed by atoms with van der Waals surface area (Å²) in [6.07, 6.45) is 1.88. The van der Waals surface area contributed by atoms with Gasteiger partial charge >= 0.3 is 0 Å². The van der Waals surface area contributed by atoms with Crippen molar-refractivity contribution in [2.75, 3.05) is 13.2 Å². The van der Waals surface area contributed by atoms with Gasteiger partial charge in [-0.2, -0.15) is 0 Å². The first-order chi connectivity index (χ1) is 7.68. The van der Waals surface area contributed by atoms with E-state index in [2.05, 4.69) is 19.9 Å². The zero-order valence-corrected chi connectivity index (χ0v) is 10.0. The molecule has 16 heavy (non-hydrogen) atoms. The Balaban J connectivity index is 2.21. The maximum absolute atomic E-state index is 14.0. The van der Waals surface area contributed by atoms with Crippen LogP contribution >= 0.6 is 0 Å². The van der Waals surface area contributed by atoms with Crippen LogP contribution < -0.4 is 0 Å². The number of rotatable bonds is 2. The highest BCUT2D eigenvalue weighted by atomic mass is 19.1. The molecule has 1 nitrogen and oxygen atoms in total. The summed E-state index contributed by atoms with van der Waals surface area (Å²) in [7, 11) is 0. The van der Waals surface area contributed by atoms with Crippen molar-refractivity contribution < 1.29 is 9.13 Å². The Morgan fingerprint density at radius 2 is 1.94 bits per heavy atom. The van der Waals surface area contributed by atoms with Gasteiger partial charge in [-0.15, -0.1) is 0 Å². The van der Waals surface area contributed by atoms with Gasteiger partial charge < -0.3 is 4.74 Å². The Hall–Kier alpha value is -0.890. The molecule has 1 fully saturated rings. The molecule has 0 aliphatic carbocycles. The maximum atomic E-state index is 14.0. The van der Waals surface area contributed by atoms with Crippen LogP contribution in [0.2, 0.25) is 0 Å². The lowest BCUT2D eigenvalue weighted by molar-refractivity contribution is 0.0846. The summed E-state index contributed by atoms with van der Waals surface area (Å²) in [5.41, 5.74) is 1.95. The first-order valence-electron chi connectivity index (χ1n) is 6.05. The summed E-state index contributed by atoms with van der Waals surface area (Å²) in [5, 5.41) is 0. The Morgan fingerprint density at radius 1 is 1.25 bits per heavy atom. The normalized spacial score (nSPS) is 18.0. The predicted molar refractivity (Wildman–Crippen MR) is 63.3 cm³/mol. The molecule has 0 spiro atoms. The van der Waals surface area contributed by atoms with Gasteiger partial charge in [-0.3, -0.25) is 0 Å². The first-order valence-corrected chi connectivity index (χ1v) is 6.05.